The number of rotatable bonds is 2. The van der Waals surface area contributed by atoms with Crippen molar-refractivity contribution >= 4 is 23.5 Å². The van der Waals surface area contributed by atoms with Crippen LogP contribution in [0, 0.1) is 0 Å². The number of carbonyl (C=O) groups is 1. The molecule has 1 unspecified atom stereocenters. The number of amides is 1. The third-order valence-corrected chi connectivity index (χ3v) is 3.91. The van der Waals surface area contributed by atoms with Gasteiger partial charge in [-0.25, -0.2) is 0 Å². The zero-order valence-corrected chi connectivity index (χ0v) is 11.5. The molecule has 1 fully saturated rings. The molecule has 2 aliphatic rings. The molecule has 0 bridgehead atoms. The zero-order chi connectivity index (χ0) is 13.5. The van der Waals surface area contributed by atoms with E-state index in [4.69, 9.17) is 11.6 Å². The van der Waals surface area contributed by atoms with Crippen molar-refractivity contribution in [2.75, 3.05) is 6.54 Å². The maximum Gasteiger partial charge on any atom is 0.253 e. The van der Waals surface area contributed by atoms with Crippen molar-refractivity contribution in [1.82, 2.24) is 10.6 Å². The van der Waals surface area contributed by atoms with Crippen molar-refractivity contribution in [3.63, 3.8) is 0 Å². The van der Waals surface area contributed by atoms with Crippen LogP contribution in [0.2, 0.25) is 5.02 Å². The molecule has 19 heavy (non-hydrogen) atoms. The molecular weight excluding hydrogens is 262 g/mol. The second kappa shape index (κ2) is 4.53. The number of halogens is 1. The van der Waals surface area contributed by atoms with Gasteiger partial charge in [0.05, 0.1) is 0 Å². The average molecular weight is 278 g/mol. The van der Waals surface area contributed by atoms with Crippen molar-refractivity contribution in [2.45, 2.75) is 31.7 Å². The molecule has 1 aliphatic heterocycles. The van der Waals surface area contributed by atoms with Crippen LogP contribution in [0.15, 0.2) is 23.2 Å². The second-order valence-electron chi connectivity index (χ2n) is 5.16. The van der Waals surface area contributed by atoms with E-state index in [-0.39, 0.29) is 5.91 Å². The maximum atomic E-state index is 12.2. The molecule has 0 radical (unpaired) electrons. The molecular formula is C14H16ClN3O. The number of hydrogen-bond donors (Lipinski definition) is 2. The van der Waals surface area contributed by atoms with E-state index in [1.807, 2.05) is 18.2 Å². The molecule has 1 spiro atoms. The summed E-state index contributed by atoms with van der Waals surface area (Å²) in [5, 5.41) is 6.82. The highest BCUT2D eigenvalue weighted by Gasteiger charge is 2.49. The van der Waals surface area contributed by atoms with Crippen LogP contribution in [-0.2, 0) is 17.6 Å². The lowest BCUT2D eigenvalue weighted by Crippen LogP contribution is -2.47. The van der Waals surface area contributed by atoms with Gasteiger partial charge in [0.25, 0.3) is 5.91 Å². The molecule has 1 saturated heterocycles. The quantitative estimate of drug-likeness (QED) is 0.864. The molecule has 1 aliphatic carbocycles. The van der Waals surface area contributed by atoms with Gasteiger partial charge < -0.3 is 5.32 Å². The van der Waals surface area contributed by atoms with Gasteiger partial charge >= 0.3 is 0 Å². The molecule has 1 heterocycles. The number of nitrogens with one attached hydrogen (secondary N) is 2. The van der Waals surface area contributed by atoms with Crippen molar-refractivity contribution in [1.29, 1.82) is 0 Å². The molecule has 1 aromatic rings. The van der Waals surface area contributed by atoms with Gasteiger partial charge in [-0.1, -0.05) is 24.6 Å². The lowest BCUT2D eigenvalue weighted by Gasteiger charge is -2.19. The Bertz CT molecular complexity index is 570. The third-order valence-electron chi connectivity index (χ3n) is 3.67. The minimum Gasteiger partial charge on any atom is -0.341 e. The molecule has 5 heteroatoms. The molecule has 3 rings (SSSR count). The van der Waals surface area contributed by atoms with Gasteiger partial charge in [-0.3, -0.25) is 15.1 Å². The van der Waals surface area contributed by atoms with E-state index >= 15 is 0 Å². The second-order valence-corrected chi connectivity index (χ2v) is 5.59. The van der Waals surface area contributed by atoms with Crippen LogP contribution in [0.1, 0.15) is 24.5 Å². The molecule has 0 saturated carbocycles. The van der Waals surface area contributed by atoms with Gasteiger partial charge in [-0.15, -0.1) is 0 Å². The fourth-order valence-corrected chi connectivity index (χ4v) is 2.93. The Hall–Kier alpha value is -1.55. The van der Waals surface area contributed by atoms with Crippen LogP contribution in [-0.4, -0.2) is 24.0 Å². The van der Waals surface area contributed by atoms with Gasteiger partial charge in [0.1, 0.15) is 5.54 Å². The molecule has 100 valence electrons. The minimum absolute atomic E-state index is 0.00896. The van der Waals surface area contributed by atoms with E-state index < -0.39 is 5.54 Å². The van der Waals surface area contributed by atoms with Gasteiger partial charge in [0.2, 0.25) is 0 Å². The fraction of sp³-hybridized carbons (Fsp3) is 0.429. The normalized spacial score (nSPS) is 26.6. The summed E-state index contributed by atoms with van der Waals surface area (Å²) in [5.74, 6) is 0.612. The van der Waals surface area contributed by atoms with E-state index in [1.165, 1.54) is 5.56 Å². The fourth-order valence-electron chi connectivity index (χ4n) is 2.74. The SMILES string of the molecule is CCCN=C1NC(=O)C2(Cc3ccc(Cl)cc3C2)N1. The lowest BCUT2D eigenvalue weighted by molar-refractivity contribution is -0.123. The van der Waals surface area contributed by atoms with E-state index in [0.717, 1.165) is 18.5 Å². The van der Waals surface area contributed by atoms with Crippen LogP contribution in [0.25, 0.3) is 0 Å². The number of hydrogen-bond acceptors (Lipinski definition) is 2. The van der Waals surface area contributed by atoms with Crippen molar-refractivity contribution in [3.8, 4) is 0 Å². The molecule has 2 N–H and O–H groups in total. The first-order chi connectivity index (χ1) is 9.13. The van der Waals surface area contributed by atoms with Gasteiger partial charge in [-0.2, -0.15) is 0 Å². The van der Waals surface area contributed by atoms with Crippen LogP contribution >= 0.6 is 11.6 Å². The Morgan fingerprint density at radius 2 is 2.16 bits per heavy atom. The number of nitrogens with zero attached hydrogens (tertiary/aromatic N) is 1. The van der Waals surface area contributed by atoms with Crippen LogP contribution in [0.5, 0.6) is 0 Å². The summed E-state index contributed by atoms with van der Waals surface area (Å²) in [5.41, 5.74) is 1.76. The van der Waals surface area contributed by atoms with Crippen molar-refractivity contribution in [2.24, 2.45) is 4.99 Å². The Kier molecular flexibility index (Phi) is 2.97. The van der Waals surface area contributed by atoms with Crippen LogP contribution < -0.4 is 10.6 Å². The first-order valence-electron chi connectivity index (χ1n) is 6.54. The summed E-state index contributed by atoms with van der Waals surface area (Å²) in [6.45, 7) is 2.78. The van der Waals surface area contributed by atoms with E-state index in [1.54, 1.807) is 0 Å². The predicted molar refractivity (Wildman–Crippen MR) is 75.5 cm³/mol. The topological polar surface area (TPSA) is 53.5 Å². The number of carbonyl (C=O) groups excluding carboxylic acids is 1. The number of guanidine groups is 1. The average Bonchev–Trinajstić information content (AvgIpc) is 2.88. The molecule has 1 aromatic carbocycles. The number of fused-ring (bicyclic) bond motifs is 1. The predicted octanol–water partition coefficient (Wildman–Crippen LogP) is 1.66. The van der Waals surface area contributed by atoms with Gasteiger partial charge in [-0.05, 0) is 29.7 Å². The van der Waals surface area contributed by atoms with Gasteiger partial charge in [0, 0.05) is 24.4 Å². The van der Waals surface area contributed by atoms with E-state index in [9.17, 15) is 4.79 Å². The third kappa shape index (κ3) is 2.10. The molecule has 4 nitrogen and oxygen atoms in total. The molecule has 0 aromatic heterocycles. The van der Waals surface area contributed by atoms with Crippen molar-refractivity contribution in [3.05, 3.63) is 34.3 Å². The maximum absolute atomic E-state index is 12.2. The standard InChI is InChI=1S/C14H16ClN3O/c1-2-5-16-13-17-12(19)14(18-13)7-9-3-4-11(15)6-10(9)8-14/h3-4,6H,2,5,7-8H2,1H3,(H2,16,17,18,19). The highest BCUT2D eigenvalue weighted by atomic mass is 35.5. The Morgan fingerprint density at radius 1 is 1.37 bits per heavy atom. The Labute approximate surface area is 117 Å². The number of benzene rings is 1. The van der Waals surface area contributed by atoms with E-state index in [0.29, 0.717) is 23.8 Å². The smallest absolute Gasteiger partial charge is 0.253 e. The van der Waals surface area contributed by atoms with Crippen LogP contribution in [0.4, 0.5) is 0 Å². The Balaban J connectivity index is 1.86. The van der Waals surface area contributed by atoms with Crippen LogP contribution in [0.3, 0.4) is 0 Å². The first-order valence-corrected chi connectivity index (χ1v) is 6.92. The highest BCUT2D eigenvalue weighted by molar-refractivity contribution is 6.30. The summed E-state index contributed by atoms with van der Waals surface area (Å²) < 4.78 is 0. The van der Waals surface area contributed by atoms with Gasteiger partial charge in [0.15, 0.2) is 5.96 Å². The monoisotopic (exact) mass is 277 g/mol. The molecule has 1 amide bonds. The summed E-state index contributed by atoms with van der Waals surface area (Å²) in [7, 11) is 0. The minimum atomic E-state index is -0.570. The zero-order valence-electron chi connectivity index (χ0n) is 10.8. The Morgan fingerprint density at radius 3 is 2.95 bits per heavy atom. The van der Waals surface area contributed by atoms with Crippen molar-refractivity contribution < 1.29 is 4.79 Å². The summed E-state index contributed by atoms with van der Waals surface area (Å²) >= 11 is 6.01. The lowest BCUT2D eigenvalue weighted by atomic mass is 9.96. The highest BCUT2D eigenvalue weighted by Crippen LogP contribution is 2.33. The summed E-state index contributed by atoms with van der Waals surface area (Å²) in [4.78, 5) is 16.6. The summed E-state index contributed by atoms with van der Waals surface area (Å²) in [6, 6.07) is 5.82. The number of aliphatic imine (C=N–C) groups is 1. The largest absolute Gasteiger partial charge is 0.341 e. The first kappa shape index (κ1) is 12.5. The summed E-state index contributed by atoms with van der Waals surface area (Å²) in [6.07, 6.45) is 2.32. The molecule has 1 atom stereocenters. The van der Waals surface area contributed by atoms with E-state index in [2.05, 4.69) is 22.5 Å².